The minimum Gasteiger partial charge on any atom is -0.390 e. The van der Waals surface area contributed by atoms with Crippen LogP contribution in [0.2, 0.25) is 0 Å². The third-order valence-corrected chi connectivity index (χ3v) is 2.64. The largest absolute Gasteiger partial charge is 0.390 e. The van der Waals surface area contributed by atoms with E-state index in [0.29, 0.717) is 6.42 Å². The maximum Gasteiger partial charge on any atom is 0.160 e. The first-order valence-corrected chi connectivity index (χ1v) is 5.23. The molecule has 1 aliphatic heterocycles. The molecule has 14 heavy (non-hydrogen) atoms. The van der Waals surface area contributed by atoms with Crippen LogP contribution in [0.5, 0.6) is 0 Å². The molecule has 1 aliphatic rings. The fourth-order valence-corrected chi connectivity index (χ4v) is 1.71. The number of rotatable bonds is 4. The van der Waals surface area contributed by atoms with Crippen LogP contribution in [0, 0.1) is 0 Å². The number of unbranched alkanes of at least 4 members (excludes halogenated alkanes) is 1. The van der Waals surface area contributed by atoms with E-state index in [1.165, 1.54) is 0 Å². The minimum absolute atomic E-state index is 0.288. The summed E-state index contributed by atoms with van der Waals surface area (Å²) in [5.74, 6) is 0. The van der Waals surface area contributed by atoms with Crippen molar-refractivity contribution >= 4 is 0 Å². The van der Waals surface area contributed by atoms with Crippen molar-refractivity contribution in [3.63, 3.8) is 0 Å². The Bertz CT molecular complexity index is 162. The molecule has 0 aromatic rings. The summed E-state index contributed by atoms with van der Waals surface area (Å²) in [6, 6.07) is 0. The second-order valence-corrected chi connectivity index (χ2v) is 3.78. The maximum absolute atomic E-state index is 9.65. The molecule has 4 nitrogen and oxygen atoms in total. The van der Waals surface area contributed by atoms with Gasteiger partial charge < -0.3 is 19.7 Å². The van der Waals surface area contributed by atoms with Gasteiger partial charge in [-0.2, -0.15) is 0 Å². The van der Waals surface area contributed by atoms with Crippen LogP contribution in [0.25, 0.3) is 0 Å². The summed E-state index contributed by atoms with van der Waals surface area (Å²) in [6.07, 6.45) is 1.00. The van der Waals surface area contributed by atoms with Crippen molar-refractivity contribution < 1.29 is 19.7 Å². The monoisotopic (exact) mass is 204 g/mol. The minimum atomic E-state index is -0.770. The lowest BCUT2D eigenvalue weighted by Crippen LogP contribution is -2.48. The molecule has 0 aromatic carbocycles. The van der Waals surface area contributed by atoms with E-state index in [4.69, 9.17) is 9.47 Å². The van der Waals surface area contributed by atoms with Gasteiger partial charge in [0.1, 0.15) is 6.10 Å². The lowest BCUT2D eigenvalue weighted by Gasteiger charge is -2.36. The molecule has 84 valence electrons. The summed E-state index contributed by atoms with van der Waals surface area (Å²) in [5, 5.41) is 19.2. The summed E-state index contributed by atoms with van der Waals surface area (Å²) >= 11 is 0. The highest BCUT2D eigenvalue weighted by Gasteiger charge is 2.36. The Morgan fingerprint density at radius 1 is 1.43 bits per heavy atom. The van der Waals surface area contributed by atoms with Crippen LogP contribution in [0.1, 0.15) is 32.6 Å². The zero-order chi connectivity index (χ0) is 10.6. The fourth-order valence-electron chi connectivity index (χ4n) is 1.71. The first kappa shape index (κ1) is 11.9. The molecule has 1 rings (SSSR count). The highest BCUT2D eigenvalue weighted by atomic mass is 16.7. The van der Waals surface area contributed by atoms with Crippen molar-refractivity contribution in [2.24, 2.45) is 0 Å². The molecule has 0 saturated carbocycles. The Kier molecular flexibility index (Phi) is 4.81. The van der Waals surface area contributed by atoms with Gasteiger partial charge in [-0.25, -0.2) is 0 Å². The molecule has 0 spiro atoms. The van der Waals surface area contributed by atoms with Crippen molar-refractivity contribution in [2.45, 2.75) is 57.2 Å². The molecule has 0 bridgehead atoms. The quantitative estimate of drug-likeness (QED) is 0.706. The predicted molar refractivity (Wildman–Crippen MR) is 51.8 cm³/mol. The van der Waals surface area contributed by atoms with E-state index in [0.717, 1.165) is 19.3 Å². The van der Waals surface area contributed by atoms with Crippen LogP contribution in [0.15, 0.2) is 0 Å². The lowest BCUT2D eigenvalue weighted by atomic mass is 9.97. The fraction of sp³-hybridized carbons (Fsp3) is 1.00. The van der Waals surface area contributed by atoms with Crippen molar-refractivity contribution in [1.82, 2.24) is 0 Å². The van der Waals surface area contributed by atoms with Gasteiger partial charge >= 0.3 is 0 Å². The highest BCUT2D eigenvalue weighted by Crippen LogP contribution is 2.24. The smallest absolute Gasteiger partial charge is 0.160 e. The number of ether oxygens (including phenoxy) is 2. The molecule has 2 N–H and O–H groups in total. The highest BCUT2D eigenvalue weighted by molar-refractivity contribution is 4.82. The van der Waals surface area contributed by atoms with E-state index >= 15 is 0 Å². The van der Waals surface area contributed by atoms with Gasteiger partial charge in [0.05, 0.1) is 12.2 Å². The van der Waals surface area contributed by atoms with Gasteiger partial charge in [0.25, 0.3) is 0 Å². The predicted octanol–water partition coefficient (Wildman–Crippen LogP) is 0.660. The normalized spacial score (nSPS) is 38.6. The zero-order valence-electron chi connectivity index (χ0n) is 8.85. The van der Waals surface area contributed by atoms with Crippen molar-refractivity contribution in [3.05, 3.63) is 0 Å². The van der Waals surface area contributed by atoms with Crippen molar-refractivity contribution in [1.29, 1.82) is 0 Å². The third-order valence-electron chi connectivity index (χ3n) is 2.64. The van der Waals surface area contributed by atoms with E-state index in [-0.39, 0.29) is 12.4 Å². The first-order chi connectivity index (χ1) is 6.69. The second kappa shape index (κ2) is 5.66. The Balaban J connectivity index is 2.45. The Morgan fingerprint density at radius 3 is 2.71 bits per heavy atom. The summed E-state index contributed by atoms with van der Waals surface area (Å²) in [6.45, 7) is 2.08. The van der Waals surface area contributed by atoms with E-state index in [2.05, 4.69) is 6.92 Å². The average molecular weight is 204 g/mol. The molecule has 1 saturated heterocycles. The molecule has 0 aliphatic carbocycles. The molecule has 0 aromatic heterocycles. The molecular formula is C10H20O4. The molecule has 4 atom stereocenters. The van der Waals surface area contributed by atoms with Crippen LogP contribution in [0.3, 0.4) is 0 Å². The Hall–Kier alpha value is -0.160. The lowest BCUT2D eigenvalue weighted by molar-refractivity contribution is -0.243. The average Bonchev–Trinajstić information content (AvgIpc) is 2.20. The molecule has 4 heteroatoms. The van der Waals surface area contributed by atoms with Gasteiger partial charge in [-0.05, 0) is 6.42 Å². The van der Waals surface area contributed by atoms with Crippen LogP contribution < -0.4 is 0 Å². The van der Waals surface area contributed by atoms with Crippen molar-refractivity contribution in [3.8, 4) is 0 Å². The summed E-state index contributed by atoms with van der Waals surface area (Å²) in [5.41, 5.74) is 0. The van der Waals surface area contributed by atoms with Gasteiger partial charge in [-0.15, -0.1) is 0 Å². The Morgan fingerprint density at radius 2 is 2.14 bits per heavy atom. The SMILES string of the molecule is CCCC[C@H]1O[C@H](OC)C[C@@H](O)[C@@H]1O. The molecule has 0 amide bonds. The number of hydrogen-bond acceptors (Lipinski definition) is 4. The zero-order valence-corrected chi connectivity index (χ0v) is 8.85. The molecule has 0 unspecified atom stereocenters. The van der Waals surface area contributed by atoms with Gasteiger partial charge in [0.15, 0.2) is 6.29 Å². The number of aliphatic hydroxyl groups excluding tert-OH is 2. The van der Waals surface area contributed by atoms with Gasteiger partial charge in [0.2, 0.25) is 0 Å². The summed E-state index contributed by atoms with van der Waals surface area (Å²) in [7, 11) is 1.55. The van der Waals surface area contributed by atoms with Gasteiger partial charge in [-0.3, -0.25) is 0 Å². The molecular weight excluding hydrogens is 184 g/mol. The standard InChI is InChI=1S/C10H20O4/c1-3-4-5-8-10(12)7(11)6-9(13-2)14-8/h7-12H,3-6H2,1-2H3/t7-,8-,9+,10+/m1/s1. The van der Waals surface area contributed by atoms with E-state index in [1.54, 1.807) is 7.11 Å². The summed E-state index contributed by atoms with van der Waals surface area (Å²) < 4.78 is 10.5. The van der Waals surface area contributed by atoms with E-state index in [1.807, 2.05) is 0 Å². The summed E-state index contributed by atoms with van der Waals surface area (Å²) in [4.78, 5) is 0. The van der Waals surface area contributed by atoms with E-state index in [9.17, 15) is 10.2 Å². The van der Waals surface area contributed by atoms with Gasteiger partial charge in [-0.1, -0.05) is 19.8 Å². The number of aliphatic hydroxyl groups is 2. The van der Waals surface area contributed by atoms with Crippen molar-refractivity contribution in [2.75, 3.05) is 7.11 Å². The maximum atomic E-state index is 9.65. The third kappa shape index (κ3) is 2.92. The molecule has 1 fully saturated rings. The number of methoxy groups -OCH3 is 1. The molecule has 0 radical (unpaired) electrons. The van der Waals surface area contributed by atoms with Crippen LogP contribution in [0.4, 0.5) is 0 Å². The van der Waals surface area contributed by atoms with E-state index < -0.39 is 12.2 Å². The first-order valence-electron chi connectivity index (χ1n) is 5.23. The Labute approximate surface area is 84.8 Å². The van der Waals surface area contributed by atoms with Gasteiger partial charge in [0, 0.05) is 13.5 Å². The number of hydrogen-bond donors (Lipinski definition) is 2. The topological polar surface area (TPSA) is 58.9 Å². The van der Waals surface area contributed by atoms with Crippen LogP contribution in [-0.2, 0) is 9.47 Å². The molecule has 1 heterocycles. The second-order valence-electron chi connectivity index (χ2n) is 3.78. The van der Waals surface area contributed by atoms with Crippen LogP contribution in [-0.4, -0.2) is 41.9 Å². The van der Waals surface area contributed by atoms with Crippen LogP contribution >= 0.6 is 0 Å².